The van der Waals surface area contributed by atoms with E-state index in [1.165, 1.54) is 12.1 Å². The van der Waals surface area contributed by atoms with Gasteiger partial charge in [0.2, 0.25) is 0 Å². The molecule has 0 spiro atoms. The van der Waals surface area contributed by atoms with Crippen LogP contribution in [0.25, 0.3) is 11.3 Å². The minimum atomic E-state index is -3.90. The van der Waals surface area contributed by atoms with Crippen LogP contribution in [0, 0.1) is 13.8 Å². The Bertz CT molecular complexity index is 1530. The van der Waals surface area contributed by atoms with Crippen LogP contribution in [-0.2, 0) is 10.0 Å². The molecule has 0 aliphatic heterocycles. The van der Waals surface area contributed by atoms with Crippen molar-refractivity contribution in [2.24, 2.45) is 0 Å². The van der Waals surface area contributed by atoms with Gasteiger partial charge in [0.15, 0.2) is 0 Å². The number of hydrogen-bond donors (Lipinski definition) is 3. The SMILES string of the molecule is Cc1cccc(NS(=O)(=O)c2cc(NC(=O)c3ccc(-c4ccccc4)[nH]c3=O)ccc2C)c1. The number of carbonyl (C=O) groups excluding carboxylic acids is 1. The number of amides is 1. The largest absolute Gasteiger partial charge is 0.322 e. The second-order valence-electron chi connectivity index (χ2n) is 7.89. The molecule has 1 heterocycles. The Morgan fingerprint density at radius 1 is 0.824 bits per heavy atom. The lowest BCUT2D eigenvalue weighted by atomic mass is 10.1. The Kier molecular flexibility index (Phi) is 6.34. The van der Waals surface area contributed by atoms with Crippen molar-refractivity contribution in [1.82, 2.24) is 4.98 Å². The fraction of sp³-hybridized carbons (Fsp3) is 0.0769. The zero-order chi connectivity index (χ0) is 24.3. The summed E-state index contributed by atoms with van der Waals surface area (Å²) in [5.41, 5.74) is 2.92. The maximum absolute atomic E-state index is 13.0. The number of aromatic nitrogens is 1. The van der Waals surface area contributed by atoms with Gasteiger partial charge in [-0.2, -0.15) is 0 Å². The van der Waals surface area contributed by atoms with Gasteiger partial charge in [-0.15, -0.1) is 0 Å². The first-order valence-corrected chi connectivity index (χ1v) is 12.0. The number of H-pyrrole nitrogens is 1. The fourth-order valence-corrected chi connectivity index (χ4v) is 4.84. The van der Waals surface area contributed by atoms with E-state index in [-0.39, 0.29) is 16.1 Å². The molecular formula is C26H23N3O4S. The molecule has 3 aromatic carbocycles. The third-order valence-corrected chi connectivity index (χ3v) is 6.77. The molecule has 34 heavy (non-hydrogen) atoms. The summed E-state index contributed by atoms with van der Waals surface area (Å²) in [5, 5.41) is 2.62. The second kappa shape index (κ2) is 9.36. The molecule has 1 amide bonds. The first-order chi connectivity index (χ1) is 16.2. The molecule has 0 saturated heterocycles. The number of rotatable bonds is 6. The number of hydrogen-bond acceptors (Lipinski definition) is 4. The van der Waals surface area contributed by atoms with Gasteiger partial charge in [0.1, 0.15) is 5.56 Å². The maximum atomic E-state index is 13.0. The summed E-state index contributed by atoms with van der Waals surface area (Å²) in [4.78, 5) is 28.0. The lowest BCUT2D eigenvalue weighted by Crippen LogP contribution is -2.23. The summed E-state index contributed by atoms with van der Waals surface area (Å²) < 4.78 is 28.5. The molecule has 0 aliphatic carbocycles. The van der Waals surface area contributed by atoms with E-state index in [2.05, 4.69) is 15.0 Å². The van der Waals surface area contributed by atoms with E-state index in [0.717, 1.165) is 11.1 Å². The smallest absolute Gasteiger partial charge is 0.262 e. The monoisotopic (exact) mass is 473 g/mol. The highest BCUT2D eigenvalue weighted by Crippen LogP contribution is 2.24. The quantitative estimate of drug-likeness (QED) is 0.377. The van der Waals surface area contributed by atoms with Gasteiger partial charge in [-0.3, -0.25) is 14.3 Å². The fourth-order valence-electron chi connectivity index (χ4n) is 3.52. The number of sulfonamides is 1. The van der Waals surface area contributed by atoms with Gasteiger partial charge in [-0.25, -0.2) is 8.42 Å². The van der Waals surface area contributed by atoms with Crippen LogP contribution in [0.4, 0.5) is 11.4 Å². The summed E-state index contributed by atoms with van der Waals surface area (Å²) in [6.07, 6.45) is 0. The van der Waals surface area contributed by atoms with Crippen LogP contribution in [0.2, 0.25) is 0 Å². The zero-order valence-electron chi connectivity index (χ0n) is 18.6. The average molecular weight is 474 g/mol. The summed E-state index contributed by atoms with van der Waals surface area (Å²) >= 11 is 0. The van der Waals surface area contributed by atoms with Crippen LogP contribution in [0.5, 0.6) is 0 Å². The predicted molar refractivity (Wildman–Crippen MR) is 134 cm³/mol. The van der Waals surface area contributed by atoms with E-state index >= 15 is 0 Å². The number of benzene rings is 3. The molecule has 0 atom stereocenters. The third kappa shape index (κ3) is 5.07. The average Bonchev–Trinajstić information content (AvgIpc) is 2.80. The summed E-state index contributed by atoms with van der Waals surface area (Å²) in [6.45, 7) is 3.54. The normalized spacial score (nSPS) is 11.1. The van der Waals surface area contributed by atoms with Crippen LogP contribution in [0.15, 0.2) is 94.6 Å². The number of aryl methyl sites for hydroxylation is 2. The highest BCUT2D eigenvalue weighted by molar-refractivity contribution is 7.92. The van der Waals surface area contributed by atoms with Crippen LogP contribution >= 0.6 is 0 Å². The molecule has 3 N–H and O–H groups in total. The van der Waals surface area contributed by atoms with Crippen molar-refractivity contribution in [2.45, 2.75) is 18.7 Å². The highest BCUT2D eigenvalue weighted by atomic mass is 32.2. The van der Waals surface area contributed by atoms with E-state index in [1.54, 1.807) is 43.3 Å². The van der Waals surface area contributed by atoms with Crippen molar-refractivity contribution >= 4 is 27.3 Å². The number of aromatic amines is 1. The minimum Gasteiger partial charge on any atom is -0.322 e. The molecule has 0 bridgehead atoms. The van der Waals surface area contributed by atoms with Gasteiger partial charge in [0.25, 0.3) is 21.5 Å². The first-order valence-electron chi connectivity index (χ1n) is 10.5. The topological polar surface area (TPSA) is 108 Å². The van der Waals surface area contributed by atoms with Gasteiger partial charge in [0.05, 0.1) is 4.90 Å². The van der Waals surface area contributed by atoms with E-state index in [4.69, 9.17) is 0 Å². The van der Waals surface area contributed by atoms with E-state index in [9.17, 15) is 18.0 Å². The Hall–Kier alpha value is -4.17. The van der Waals surface area contributed by atoms with Gasteiger partial charge in [-0.1, -0.05) is 48.5 Å². The molecule has 172 valence electrons. The van der Waals surface area contributed by atoms with Crippen LogP contribution < -0.4 is 15.6 Å². The van der Waals surface area contributed by atoms with Crippen LogP contribution in [0.3, 0.4) is 0 Å². The van der Waals surface area contributed by atoms with Crippen molar-refractivity contribution in [3.8, 4) is 11.3 Å². The first kappa shape index (κ1) is 23.0. The number of anilines is 2. The van der Waals surface area contributed by atoms with Crippen molar-refractivity contribution < 1.29 is 13.2 Å². The van der Waals surface area contributed by atoms with Crippen LogP contribution in [-0.4, -0.2) is 19.3 Å². The summed E-state index contributed by atoms with van der Waals surface area (Å²) in [6, 6.07) is 24.0. The molecule has 0 fully saturated rings. The highest BCUT2D eigenvalue weighted by Gasteiger charge is 2.19. The predicted octanol–water partition coefficient (Wildman–Crippen LogP) is 4.71. The van der Waals surface area contributed by atoms with Crippen LogP contribution in [0.1, 0.15) is 21.5 Å². The Morgan fingerprint density at radius 3 is 2.29 bits per heavy atom. The Morgan fingerprint density at radius 2 is 1.59 bits per heavy atom. The Labute approximate surface area is 197 Å². The summed E-state index contributed by atoms with van der Waals surface area (Å²) in [7, 11) is -3.90. The van der Waals surface area contributed by atoms with Crippen molar-refractivity contribution in [1.29, 1.82) is 0 Å². The molecule has 0 saturated carbocycles. The lowest BCUT2D eigenvalue weighted by Gasteiger charge is -2.13. The number of nitrogens with one attached hydrogen (secondary N) is 3. The van der Waals surface area contributed by atoms with Gasteiger partial charge in [-0.05, 0) is 66.9 Å². The number of pyridine rings is 1. The molecule has 4 rings (SSSR count). The molecule has 0 unspecified atom stereocenters. The van der Waals surface area contributed by atoms with E-state index in [1.807, 2.05) is 43.3 Å². The maximum Gasteiger partial charge on any atom is 0.262 e. The van der Waals surface area contributed by atoms with E-state index in [0.29, 0.717) is 16.9 Å². The minimum absolute atomic E-state index is 0.0279. The van der Waals surface area contributed by atoms with Crippen molar-refractivity contribution in [3.63, 3.8) is 0 Å². The van der Waals surface area contributed by atoms with Crippen molar-refractivity contribution in [3.05, 3.63) is 112 Å². The summed E-state index contributed by atoms with van der Waals surface area (Å²) in [5.74, 6) is -0.639. The molecule has 1 aromatic heterocycles. The zero-order valence-corrected chi connectivity index (χ0v) is 19.4. The third-order valence-electron chi connectivity index (χ3n) is 5.24. The second-order valence-corrected chi connectivity index (χ2v) is 9.54. The Balaban J connectivity index is 1.57. The number of carbonyl (C=O) groups is 1. The van der Waals surface area contributed by atoms with Crippen molar-refractivity contribution in [2.75, 3.05) is 10.0 Å². The standard InChI is InChI=1S/C26H23N3O4S/c1-17-7-6-10-21(15-17)29-34(32,33)24-16-20(12-11-18(24)2)27-25(30)22-13-14-23(28-26(22)31)19-8-4-3-5-9-19/h3-16,29H,1-2H3,(H,27,30)(H,28,31). The lowest BCUT2D eigenvalue weighted by molar-refractivity contribution is 0.102. The molecule has 7 nitrogen and oxygen atoms in total. The molecule has 0 aliphatic rings. The molecule has 0 radical (unpaired) electrons. The van der Waals surface area contributed by atoms with Gasteiger partial charge >= 0.3 is 0 Å². The molecule has 4 aromatic rings. The molecular weight excluding hydrogens is 450 g/mol. The van der Waals surface area contributed by atoms with E-state index < -0.39 is 21.5 Å². The van der Waals surface area contributed by atoms with Gasteiger partial charge < -0.3 is 10.3 Å². The molecule has 8 heteroatoms. The van der Waals surface area contributed by atoms with Gasteiger partial charge in [0, 0.05) is 17.1 Å².